The van der Waals surface area contributed by atoms with Gasteiger partial charge in [-0.1, -0.05) is 46.2 Å². The van der Waals surface area contributed by atoms with E-state index in [1.807, 2.05) is 25.1 Å². The van der Waals surface area contributed by atoms with Gasteiger partial charge in [0.25, 0.3) is 0 Å². The van der Waals surface area contributed by atoms with E-state index in [2.05, 4.69) is 64.2 Å². The molecule has 0 amide bonds. The van der Waals surface area contributed by atoms with Crippen molar-refractivity contribution < 1.29 is 4.79 Å². The van der Waals surface area contributed by atoms with E-state index in [4.69, 9.17) is 0 Å². The molecule has 0 unspecified atom stereocenters. The molecule has 1 aromatic carbocycles. The van der Waals surface area contributed by atoms with Gasteiger partial charge in [0.05, 0.1) is 0 Å². The Bertz CT molecular complexity index is 799. The molecule has 0 aliphatic carbocycles. The van der Waals surface area contributed by atoms with Crippen molar-refractivity contribution in [2.75, 3.05) is 17.2 Å². The van der Waals surface area contributed by atoms with Crippen molar-refractivity contribution in [3.8, 4) is 0 Å². The quantitative estimate of drug-likeness (QED) is 0.491. The summed E-state index contributed by atoms with van der Waals surface area (Å²) in [7, 11) is 0. The minimum Gasteiger partial charge on any atom is -0.368 e. The Morgan fingerprint density at radius 1 is 1.19 bits per heavy atom. The van der Waals surface area contributed by atoms with Crippen LogP contribution in [-0.2, 0) is 0 Å². The molecule has 0 fully saturated rings. The summed E-state index contributed by atoms with van der Waals surface area (Å²) in [6.07, 6.45) is 4.04. The van der Waals surface area contributed by atoms with E-state index in [1.54, 1.807) is 0 Å². The maximum absolute atomic E-state index is 12.3. The number of carbonyl (C=O) groups is 1. The highest BCUT2D eigenvalue weighted by Gasteiger charge is 2.15. The van der Waals surface area contributed by atoms with Crippen LogP contribution in [0.1, 0.15) is 62.9 Å². The monoisotopic (exact) mass is 432 g/mol. The lowest BCUT2D eigenvalue weighted by Crippen LogP contribution is -2.20. The second kappa shape index (κ2) is 9.31. The van der Waals surface area contributed by atoms with Crippen LogP contribution in [-0.4, -0.2) is 22.3 Å². The molecule has 2 N–H and O–H groups in total. The number of nitrogens with one attached hydrogen (secondary N) is 2. The van der Waals surface area contributed by atoms with Crippen LogP contribution in [0.25, 0.3) is 0 Å². The van der Waals surface area contributed by atoms with Gasteiger partial charge in [-0.25, -0.2) is 9.97 Å². The van der Waals surface area contributed by atoms with Gasteiger partial charge in [-0.2, -0.15) is 0 Å². The SMILES string of the molecule is CCCCC(=O)c1ccc(C)c(Nc2ncnc(NCC(C)(C)C)c2Br)c1. The molecule has 0 bridgehead atoms. The molecule has 0 radical (unpaired) electrons. The number of nitrogens with zero attached hydrogens (tertiary/aromatic N) is 2. The molecule has 0 saturated carbocycles. The maximum atomic E-state index is 12.3. The highest BCUT2D eigenvalue weighted by Crippen LogP contribution is 2.31. The van der Waals surface area contributed by atoms with E-state index in [0.29, 0.717) is 12.2 Å². The number of carbonyl (C=O) groups excluding carboxylic acids is 1. The number of unbranched alkanes of at least 4 members (excludes halogenated alkanes) is 1. The van der Waals surface area contributed by atoms with Crippen LogP contribution in [0.4, 0.5) is 17.3 Å². The number of aryl methyl sites for hydroxylation is 1. The fourth-order valence-corrected chi connectivity index (χ4v) is 2.91. The zero-order chi connectivity index (χ0) is 20.0. The molecule has 146 valence electrons. The summed E-state index contributed by atoms with van der Waals surface area (Å²) in [4.78, 5) is 21.0. The van der Waals surface area contributed by atoms with Crippen molar-refractivity contribution in [2.24, 2.45) is 5.41 Å². The van der Waals surface area contributed by atoms with Crippen molar-refractivity contribution in [1.29, 1.82) is 0 Å². The fraction of sp³-hybridized carbons (Fsp3) is 0.476. The van der Waals surface area contributed by atoms with Gasteiger partial charge in [0, 0.05) is 24.2 Å². The number of halogens is 1. The third-order valence-electron chi connectivity index (χ3n) is 4.15. The molecule has 0 spiro atoms. The Kier molecular flexibility index (Phi) is 7.36. The van der Waals surface area contributed by atoms with Crippen LogP contribution in [0.5, 0.6) is 0 Å². The predicted molar refractivity (Wildman–Crippen MR) is 116 cm³/mol. The lowest BCUT2D eigenvalue weighted by Gasteiger charge is -2.20. The Morgan fingerprint density at radius 3 is 2.56 bits per heavy atom. The van der Waals surface area contributed by atoms with Gasteiger partial charge in [0.1, 0.15) is 22.4 Å². The summed E-state index contributed by atoms with van der Waals surface area (Å²) in [6.45, 7) is 11.4. The first kappa shape index (κ1) is 21.4. The van der Waals surface area contributed by atoms with E-state index >= 15 is 0 Å². The molecule has 0 atom stereocenters. The van der Waals surface area contributed by atoms with Crippen molar-refractivity contribution in [2.45, 2.75) is 53.9 Å². The van der Waals surface area contributed by atoms with Gasteiger partial charge in [-0.05, 0) is 46.3 Å². The van der Waals surface area contributed by atoms with E-state index in [1.165, 1.54) is 6.33 Å². The van der Waals surface area contributed by atoms with Crippen molar-refractivity contribution in [1.82, 2.24) is 9.97 Å². The first-order chi connectivity index (χ1) is 12.7. The van der Waals surface area contributed by atoms with Crippen molar-refractivity contribution in [3.63, 3.8) is 0 Å². The van der Waals surface area contributed by atoms with Crippen LogP contribution in [0.2, 0.25) is 0 Å². The van der Waals surface area contributed by atoms with Gasteiger partial charge >= 0.3 is 0 Å². The zero-order valence-electron chi connectivity index (χ0n) is 16.8. The molecule has 0 saturated heterocycles. The van der Waals surface area contributed by atoms with Crippen molar-refractivity contribution >= 4 is 39.0 Å². The van der Waals surface area contributed by atoms with E-state index in [9.17, 15) is 4.79 Å². The zero-order valence-corrected chi connectivity index (χ0v) is 18.4. The van der Waals surface area contributed by atoms with Crippen molar-refractivity contribution in [3.05, 3.63) is 40.1 Å². The summed E-state index contributed by atoms with van der Waals surface area (Å²) in [5.41, 5.74) is 2.80. The number of aromatic nitrogens is 2. The first-order valence-corrected chi connectivity index (χ1v) is 10.2. The summed E-state index contributed by atoms with van der Waals surface area (Å²) in [5, 5.41) is 6.69. The second-order valence-electron chi connectivity index (χ2n) is 7.98. The number of ketones is 1. The van der Waals surface area contributed by atoms with Gasteiger partial charge in [-0.3, -0.25) is 4.79 Å². The van der Waals surface area contributed by atoms with Crippen LogP contribution < -0.4 is 10.6 Å². The topological polar surface area (TPSA) is 66.9 Å². The number of Topliss-reactive ketones (excluding diaryl/α,β-unsaturated/α-hetero) is 1. The smallest absolute Gasteiger partial charge is 0.162 e. The van der Waals surface area contributed by atoms with Crippen LogP contribution in [0.3, 0.4) is 0 Å². The third-order valence-corrected chi connectivity index (χ3v) is 4.90. The van der Waals surface area contributed by atoms with Gasteiger partial charge in [-0.15, -0.1) is 0 Å². The summed E-state index contributed by atoms with van der Waals surface area (Å²) < 4.78 is 0.774. The molecule has 2 aromatic rings. The average Bonchev–Trinajstić information content (AvgIpc) is 2.61. The van der Waals surface area contributed by atoms with Crippen LogP contribution >= 0.6 is 15.9 Å². The van der Waals surface area contributed by atoms with E-state index < -0.39 is 0 Å². The molecule has 0 aliphatic rings. The molecule has 27 heavy (non-hydrogen) atoms. The normalized spacial score (nSPS) is 11.3. The molecule has 0 aliphatic heterocycles. The predicted octanol–water partition coefficient (Wildman–Crippen LogP) is 6.12. The number of anilines is 3. The van der Waals surface area contributed by atoms with E-state index in [-0.39, 0.29) is 11.2 Å². The summed E-state index contributed by atoms with van der Waals surface area (Å²) >= 11 is 3.60. The molecule has 1 aromatic heterocycles. The molecule has 6 heteroatoms. The largest absolute Gasteiger partial charge is 0.368 e. The number of rotatable bonds is 8. The van der Waals surface area contributed by atoms with Crippen LogP contribution in [0.15, 0.2) is 29.0 Å². The number of hydrogen-bond acceptors (Lipinski definition) is 5. The Balaban J connectivity index is 2.22. The Morgan fingerprint density at radius 2 is 1.89 bits per heavy atom. The molecule has 1 heterocycles. The summed E-state index contributed by atoms with van der Waals surface area (Å²) in [5.74, 6) is 1.59. The highest BCUT2D eigenvalue weighted by molar-refractivity contribution is 9.10. The van der Waals surface area contributed by atoms with Gasteiger partial charge in [0.15, 0.2) is 5.78 Å². The third kappa shape index (κ3) is 6.31. The molecule has 5 nitrogen and oxygen atoms in total. The second-order valence-corrected chi connectivity index (χ2v) is 8.77. The van der Waals surface area contributed by atoms with Gasteiger partial charge < -0.3 is 10.6 Å². The van der Waals surface area contributed by atoms with Crippen LogP contribution in [0, 0.1) is 12.3 Å². The lowest BCUT2D eigenvalue weighted by molar-refractivity contribution is 0.0980. The Labute approximate surface area is 170 Å². The molecule has 2 rings (SSSR count). The fourth-order valence-electron chi connectivity index (χ4n) is 2.47. The Hall–Kier alpha value is -1.95. The number of benzene rings is 1. The molecular weight excluding hydrogens is 404 g/mol. The standard InChI is InChI=1S/C21H29BrN4O/c1-6-7-8-17(27)15-10-9-14(2)16(11-15)26-20-18(22)19(24-13-25-20)23-12-21(3,4)5/h9-11,13H,6-8,12H2,1-5H3,(H2,23,24,25,26). The highest BCUT2D eigenvalue weighted by atomic mass is 79.9. The average molecular weight is 433 g/mol. The van der Waals surface area contributed by atoms with E-state index in [0.717, 1.165) is 46.5 Å². The first-order valence-electron chi connectivity index (χ1n) is 9.36. The maximum Gasteiger partial charge on any atom is 0.162 e. The minimum absolute atomic E-state index is 0.141. The van der Waals surface area contributed by atoms with Gasteiger partial charge in [0.2, 0.25) is 0 Å². The lowest BCUT2D eigenvalue weighted by atomic mass is 9.97. The minimum atomic E-state index is 0.141. The summed E-state index contributed by atoms with van der Waals surface area (Å²) in [6, 6.07) is 5.77. The number of hydrogen-bond donors (Lipinski definition) is 2. The molecular formula is C21H29BrN4O.